The molecular weight excluding hydrogens is 348 g/mol. The molecule has 132 valence electrons. The highest BCUT2D eigenvalue weighted by atomic mass is 35.5. The summed E-state index contributed by atoms with van der Waals surface area (Å²) in [5, 5.41) is 4.00. The van der Waals surface area contributed by atoms with Crippen LogP contribution in [0.1, 0.15) is 0 Å². The minimum atomic E-state index is 0.713. The lowest BCUT2D eigenvalue weighted by Crippen LogP contribution is -2.47. The molecule has 1 aliphatic heterocycles. The van der Waals surface area contributed by atoms with E-state index in [9.17, 15) is 0 Å². The number of benzene rings is 1. The number of rotatable bonds is 4. The third kappa shape index (κ3) is 3.86. The molecule has 1 saturated heterocycles. The molecule has 0 atom stereocenters. The van der Waals surface area contributed by atoms with E-state index in [1.54, 1.807) is 6.33 Å². The molecule has 0 amide bonds. The van der Waals surface area contributed by atoms with Gasteiger partial charge in [-0.05, 0) is 36.4 Å². The lowest BCUT2D eigenvalue weighted by Gasteiger charge is -2.36. The second-order valence-corrected chi connectivity index (χ2v) is 6.49. The van der Waals surface area contributed by atoms with Gasteiger partial charge in [0, 0.05) is 49.2 Å². The average molecular weight is 367 g/mol. The summed E-state index contributed by atoms with van der Waals surface area (Å²) in [6, 6.07) is 15.5. The van der Waals surface area contributed by atoms with E-state index in [1.165, 1.54) is 0 Å². The summed E-state index contributed by atoms with van der Waals surface area (Å²) in [6.07, 6.45) is 3.43. The predicted molar refractivity (Wildman–Crippen MR) is 105 cm³/mol. The summed E-state index contributed by atoms with van der Waals surface area (Å²) in [5.41, 5.74) is 0.944. The maximum absolute atomic E-state index is 5.93. The Hall–Kier alpha value is -2.86. The molecule has 1 aliphatic rings. The number of pyridine rings is 1. The molecule has 0 saturated carbocycles. The highest BCUT2D eigenvalue weighted by molar-refractivity contribution is 6.30. The van der Waals surface area contributed by atoms with E-state index < -0.39 is 0 Å². The van der Waals surface area contributed by atoms with Crippen molar-refractivity contribution in [3.05, 3.63) is 66.1 Å². The number of aromatic nitrogens is 3. The second-order valence-electron chi connectivity index (χ2n) is 6.06. The Morgan fingerprint density at radius 1 is 0.808 bits per heavy atom. The van der Waals surface area contributed by atoms with Crippen LogP contribution in [-0.4, -0.2) is 41.1 Å². The molecule has 0 bridgehead atoms. The molecule has 0 spiro atoms. The molecule has 0 radical (unpaired) electrons. The molecule has 2 aromatic heterocycles. The fourth-order valence-electron chi connectivity index (χ4n) is 2.97. The van der Waals surface area contributed by atoms with Gasteiger partial charge in [0.15, 0.2) is 0 Å². The van der Waals surface area contributed by atoms with Crippen molar-refractivity contribution < 1.29 is 0 Å². The summed E-state index contributed by atoms with van der Waals surface area (Å²) in [6.45, 7) is 3.63. The second kappa shape index (κ2) is 7.58. The number of nitrogens with zero attached hydrogens (tertiary/aromatic N) is 5. The van der Waals surface area contributed by atoms with Crippen LogP contribution in [0.5, 0.6) is 0 Å². The molecule has 1 fully saturated rings. The van der Waals surface area contributed by atoms with Crippen LogP contribution in [0.25, 0.3) is 0 Å². The summed E-state index contributed by atoms with van der Waals surface area (Å²) in [7, 11) is 0. The van der Waals surface area contributed by atoms with E-state index in [1.807, 2.05) is 48.7 Å². The summed E-state index contributed by atoms with van der Waals surface area (Å²) in [5.74, 6) is 2.72. The fourth-order valence-corrected chi connectivity index (χ4v) is 3.10. The SMILES string of the molecule is Clc1ccc(Nc2cc(N3CCN(c4ccccn4)CC3)ncn2)cc1. The van der Waals surface area contributed by atoms with E-state index >= 15 is 0 Å². The van der Waals surface area contributed by atoms with Crippen molar-refractivity contribution in [2.45, 2.75) is 0 Å². The minimum absolute atomic E-state index is 0.713. The Labute approximate surface area is 157 Å². The van der Waals surface area contributed by atoms with Crippen LogP contribution in [0.4, 0.5) is 23.1 Å². The van der Waals surface area contributed by atoms with Gasteiger partial charge < -0.3 is 15.1 Å². The number of hydrogen-bond donors (Lipinski definition) is 1. The Bertz CT molecular complexity index is 847. The average Bonchev–Trinajstić information content (AvgIpc) is 2.71. The first kappa shape index (κ1) is 16.6. The molecular formula is C19H19ClN6. The minimum Gasteiger partial charge on any atom is -0.353 e. The number of anilines is 4. The van der Waals surface area contributed by atoms with E-state index in [0.717, 1.165) is 49.3 Å². The van der Waals surface area contributed by atoms with Gasteiger partial charge >= 0.3 is 0 Å². The first-order valence-electron chi connectivity index (χ1n) is 8.53. The molecule has 26 heavy (non-hydrogen) atoms. The van der Waals surface area contributed by atoms with E-state index in [4.69, 9.17) is 11.6 Å². The third-order valence-electron chi connectivity index (χ3n) is 4.35. The van der Waals surface area contributed by atoms with E-state index in [0.29, 0.717) is 5.02 Å². The zero-order valence-corrected chi connectivity index (χ0v) is 15.0. The van der Waals surface area contributed by atoms with Crippen molar-refractivity contribution in [2.75, 3.05) is 41.3 Å². The third-order valence-corrected chi connectivity index (χ3v) is 4.60. The first-order valence-corrected chi connectivity index (χ1v) is 8.91. The maximum Gasteiger partial charge on any atom is 0.135 e. The number of hydrogen-bond acceptors (Lipinski definition) is 6. The lowest BCUT2D eigenvalue weighted by molar-refractivity contribution is 0.641. The van der Waals surface area contributed by atoms with Gasteiger partial charge in [0.2, 0.25) is 0 Å². The Balaban J connectivity index is 1.42. The summed E-state index contributed by atoms with van der Waals surface area (Å²) < 4.78 is 0. The van der Waals surface area contributed by atoms with Crippen LogP contribution >= 0.6 is 11.6 Å². The molecule has 0 unspecified atom stereocenters. The quantitative estimate of drug-likeness (QED) is 0.761. The number of halogens is 1. The molecule has 6 nitrogen and oxygen atoms in total. The molecule has 3 heterocycles. The molecule has 3 aromatic rings. The van der Waals surface area contributed by atoms with Crippen LogP contribution < -0.4 is 15.1 Å². The van der Waals surface area contributed by atoms with Gasteiger partial charge in [-0.1, -0.05) is 17.7 Å². The van der Waals surface area contributed by atoms with Gasteiger partial charge in [0.1, 0.15) is 23.8 Å². The summed E-state index contributed by atoms with van der Waals surface area (Å²) in [4.78, 5) is 17.7. The fraction of sp³-hybridized carbons (Fsp3) is 0.211. The Morgan fingerprint density at radius 3 is 2.23 bits per heavy atom. The highest BCUT2D eigenvalue weighted by Crippen LogP contribution is 2.22. The van der Waals surface area contributed by atoms with Crippen LogP contribution in [0.15, 0.2) is 61.1 Å². The van der Waals surface area contributed by atoms with Crippen molar-refractivity contribution in [1.29, 1.82) is 0 Å². The molecule has 1 N–H and O–H groups in total. The molecule has 7 heteroatoms. The molecule has 0 aliphatic carbocycles. The maximum atomic E-state index is 5.93. The van der Waals surface area contributed by atoms with Crippen LogP contribution in [-0.2, 0) is 0 Å². The van der Waals surface area contributed by atoms with Gasteiger partial charge in [0.05, 0.1) is 0 Å². The van der Waals surface area contributed by atoms with Crippen LogP contribution in [0.3, 0.4) is 0 Å². The normalized spacial score (nSPS) is 14.3. The predicted octanol–water partition coefficient (Wildman–Crippen LogP) is 3.60. The van der Waals surface area contributed by atoms with Crippen LogP contribution in [0.2, 0.25) is 5.02 Å². The van der Waals surface area contributed by atoms with Crippen molar-refractivity contribution in [3.8, 4) is 0 Å². The molecule has 4 rings (SSSR count). The number of piperazine rings is 1. The van der Waals surface area contributed by atoms with E-state index in [-0.39, 0.29) is 0 Å². The zero-order chi connectivity index (χ0) is 17.8. The monoisotopic (exact) mass is 366 g/mol. The Kier molecular flexibility index (Phi) is 4.84. The largest absolute Gasteiger partial charge is 0.353 e. The Morgan fingerprint density at radius 2 is 1.54 bits per heavy atom. The van der Waals surface area contributed by atoms with Gasteiger partial charge in [-0.2, -0.15) is 0 Å². The first-order chi connectivity index (χ1) is 12.8. The van der Waals surface area contributed by atoms with Gasteiger partial charge in [0.25, 0.3) is 0 Å². The van der Waals surface area contributed by atoms with Gasteiger partial charge in [-0.25, -0.2) is 15.0 Å². The van der Waals surface area contributed by atoms with Crippen LogP contribution in [0, 0.1) is 0 Å². The summed E-state index contributed by atoms with van der Waals surface area (Å²) >= 11 is 5.93. The van der Waals surface area contributed by atoms with Gasteiger partial charge in [-0.15, -0.1) is 0 Å². The highest BCUT2D eigenvalue weighted by Gasteiger charge is 2.19. The standard InChI is InChI=1S/C19H19ClN6/c20-15-4-6-16(7-5-15)24-17-13-19(23-14-22-17)26-11-9-25(10-12-26)18-3-1-2-8-21-18/h1-8,13-14H,9-12H2,(H,22,23,24). The lowest BCUT2D eigenvalue weighted by atomic mass is 10.3. The van der Waals surface area contributed by atoms with Crippen molar-refractivity contribution in [1.82, 2.24) is 15.0 Å². The topological polar surface area (TPSA) is 57.2 Å². The van der Waals surface area contributed by atoms with E-state index in [2.05, 4.69) is 36.1 Å². The number of nitrogens with one attached hydrogen (secondary N) is 1. The zero-order valence-electron chi connectivity index (χ0n) is 14.2. The van der Waals surface area contributed by atoms with Crippen molar-refractivity contribution >= 4 is 34.7 Å². The smallest absolute Gasteiger partial charge is 0.135 e. The molecule has 1 aromatic carbocycles. The van der Waals surface area contributed by atoms with Crippen molar-refractivity contribution in [3.63, 3.8) is 0 Å². The van der Waals surface area contributed by atoms with Gasteiger partial charge in [-0.3, -0.25) is 0 Å². The van der Waals surface area contributed by atoms with Crippen molar-refractivity contribution in [2.24, 2.45) is 0 Å².